The topological polar surface area (TPSA) is 68.9 Å². The predicted molar refractivity (Wildman–Crippen MR) is 115 cm³/mol. The number of guanidine groups is 1. The number of hydrogen-bond donors (Lipinski definition) is 2. The van der Waals surface area contributed by atoms with Crippen molar-refractivity contribution in [3.8, 4) is 11.5 Å². The number of ether oxygens (including phenoxy) is 2. The molecule has 3 N–H and O–H groups in total. The third-order valence-electron chi connectivity index (χ3n) is 3.38. The van der Waals surface area contributed by atoms with Crippen molar-refractivity contribution in [1.82, 2.24) is 0 Å². The predicted octanol–water partition coefficient (Wildman–Crippen LogP) is 4.60. The highest BCUT2D eigenvalue weighted by Gasteiger charge is 2.07. The molecule has 0 atom stereocenters. The van der Waals surface area contributed by atoms with Crippen LogP contribution in [0.4, 0.5) is 5.69 Å². The maximum Gasteiger partial charge on any atom is 0.193 e. The summed E-state index contributed by atoms with van der Waals surface area (Å²) < 4.78 is 10.5. The lowest BCUT2D eigenvalue weighted by Gasteiger charge is -2.12. The Hall–Kier alpha value is -1.38. The summed E-state index contributed by atoms with van der Waals surface area (Å²) in [4.78, 5) is 4.30. The Labute approximate surface area is 174 Å². The van der Waals surface area contributed by atoms with E-state index in [1.807, 2.05) is 6.07 Å². The third kappa shape index (κ3) is 6.13. The van der Waals surface area contributed by atoms with Crippen LogP contribution >= 0.6 is 47.2 Å². The van der Waals surface area contributed by atoms with Gasteiger partial charge in [-0.2, -0.15) is 0 Å². The van der Waals surface area contributed by atoms with Crippen LogP contribution in [0, 0.1) is 0 Å². The molecule has 25 heavy (non-hydrogen) atoms. The maximum atomic E-state index is 6.14. The summed E-state index contributed by atoms with van der Waals surface area (Å²) >= 11 is 12.3. The number of methoxy groups -OCH3 is 2. The van der Waals surface area contributed by atoms with Crippen LogP contribution in [0.3, 0.4) is 0 Å². The monoisotopic (exact) mass is 495 g/mol. The van der Waals surface area contributed by atoms with Crippen molar-refractivity contribution in [3.63, 3.8) is 0 Å². The fraction of sp³-hybridized carbons (Fsp3) is 0.235. The number of nitrogens with two attached hydrogens (primary N) is 1. The van der Waals surface area contributed by atoms with E-state index in [2.05, 4.69) is 10.3 Å². The maximum absolute atomic E-state index is 6.14. The van der Waals surface area contributed by atoms with E-state index in [1.54, 1.807) is 44.6 Å². The highest BCUT2D eigenvalue weighted by Crippen LogP contribution is 2.28. The van der Waals surface area contributed by atoms with Gasteiger partial charge in [0.25, 0.3) is 0 Å². The van der Waals surface area contributed by atoms with Crippen molar-refractivity contribution < 1.29 is 9.47 Å². The summed E-state index contributed by atoms with van der Waals surface area (Å²) in [7, 11) is 3.18. The Kier molecular flexibility index (Phi) is 9.16. The summed E-state index contributed by atoms with van der Waals surface area (Å²) in [5.41, 5.74) is 7.47. The molecule has 0 aliphatic carbocycles. The molecule has 0 bridgehead atoms. The van der Waals surface area contributed by atoms with Gasteiger partial charge in [0.1, 0.15) is 11.5 Å². The van der Waals surface area contributed by atoms with Crippen molar-refractivity contribution in [3.05, 3.63) is 52.0 Å². The first-order valence-electron chi connectivity index (χ1n) is 7.27. The number of halogens is 3. The van der Waals surface area contributed by atoms with Gasteiger partial charge in [0.15, 0.2) is 5.96 Å². The molecule has 0 radical (unpaired) electrons. The van der Waals surface area contributed by atoms with Crippen LogP contribution in [0.2, 0.25) is 10.0 Å². The number of nitrogens with zero attached hydrogens (tertiary/aromatic N) is 1. The average Bonchev–Trinajstić information content (AvgIpc) is 2.57. The molecular formula is C17H20Cl2IN3O2. The third-order valence-corrected chi connectivity index (χ3v) is 4.08. The first kappa shape index (κ1) is 21.7. The van der Waals surface area contributed by atoms with Gasteiger partial charge in [0.05, 0.1) is 19.9 Å². The lowest BCUT2D eigenvalue weighted by molar-refractivity contribution is 0.405. The van der Waals surface area contributed by atoms with Gasteiger partial charge < -0.3 is 20.5 Å². The molecule has 0 amide bonds. The zero-order chi connectivity index (χ0) is 17.5. The molecule has 0 fully saturated rings. The standard InChI is InChI=1S/C17H19Cl2N3O2.HI/c1-23-11-6-7-16(24-2)15(10-11)22-17(20)21-9-8-12-13(18)4-3-5-14(12)19;/h3-7,10H,8-9H2,1-2H3,(H3,20,21,22);1H. The quantitative estimate of drug-likeness (QED) is 0.349. The molecule has 0 aliphatic rings. The van der Waals surface area contributed by atoms with Crippen molar-refractivity contribution >= 4 is 58.8 Å². The molecule has 5 nitrogen and oxygen atoms in total. The van der Waals surface area contributed by atoms with Crippen LogP contribution in [-0.2, 0) is 6.42 Å². The Morgan fingerprint density at radius 3 is 2.40 bits per heavy atom. The van der Waals surface area contributed by atoms with Crippen molar-refractivity contribution in [1.29, 1.82) is 0 Å². The highest BCUT2D eigenvalue weighted by atomic mass is 127. The van der Waals surface area contributed by atoms with E-state index in [-0.39, 0.29) is 29.9 Å². The zero-order valence-electron chi connectivity index (χ0n) is 13.9. The normalized spacial score (nSPS) is 10.8. The van der Waals surface area contributed by atoms with Gasteiger partial charge >= 0.3 is 0 Å². The van der Waals surface area contributed by atoms with Crippen LogP contribution in [0.5, 0.6) is 11.5 Å². The Morgan fingerprint density at radius 2 is 1.80 bits per heavy atom. The number of benzene rings is 2. The van der Waals surface area contributed by atoms with Crippen molar-refractivity contribution in [2.45, 2.75) is 6.42 Å². The first-order chi connectivity index (χ1) is 11.5. The number of hydrogen-bond acceptors (Lipinski definition) is 3. The van der Waals surface area contributed by atoms with Gasteiger partial charge in [-0.15, -0.1) is 24.0 Å². The van der Waals surface area contributed by atoms with Gasteiger partial charge in [-0.25, -0.2) is 0 Å². The molecule has 2 aromatic carbocycles. The van der Waals surface area contributed by atoms with Crippen LogP contribution in [-0.4, -0.2) is 26.7 Å². The van der Waals surface area contributed by atoms with Gasteiger partial charge in [-0.1, -0.05) is 29.3 Å². The summed E-state index contributed by atoms with van der Waals surface area (Å²) in [5, 5.41) is 4.26. The SMILES string of the molecule is COc1ccc(OC)c(NC(N)=NCCc2c(Cl)cccc2Cl)c1.I. The second-order valence-corrected chi connectivity index (χ2v) is 5.72. The molecule has 8 heteroatoms. The molecule has 0 saturated heterocycles. The van der Waals surface area contributed by atoms with E-state index in [0.29, 0.717) is 40.2 Å². The highest BCUT2D eigenvalue weighted by molar-refractivity contribution is 14.0. The molecule has 2 aromatic rings. The second-order valence-electron chi connectivity index (χ2n) is 4.91. The Morgan fingerprint density at radius 1 is 1.12 bits per heavy atom. The van der Waals surface area contributed by atoms with E-state index in [4.69, 9.17) is 38.4 Å². The Bertz CT molecular complexity index is 722. The summed E-state index contributed by atoms with van der Waals surface area (Å²) in [6, 6.07) is 10.8. The largest absolute Gasteiger partial charge is 0.497 e. The average molecular weight is 496 g/mol. The summed E-state index contributed by atoms with van der Waals surface area (Å²) in [6.07, 6.45) is 0.593. The number of anilines is 1. The van der Waals surface area contributed by atoms with Crippen LogP contribution in [0.15, 0.2) is 41.4 Å². The molecule has 0 unspecified atom stereocenters. The molecule has 0 spiro atoms. The lowest BCUT2D eigenvalue weighted by atomic mass is 10.1. The fourth-order valence-corrected chi connectivity index (χ4v) is 2.74. The lowest BCUT2D eigenvalue weighted by Crippen LogP contribution is -2.23. The van der Waals surface area contributed by atoms with E-state index in [1.165, 1.54) is 0 Å². The van der Waals surface area contributed by atoms with E-state index >= 15 is 0 Å². The molecule has 0 saturated carbocycles. The van der Waals surface area contributed by atoms with E-state index in [9.17, 15) is 0 Å². The number of rotatable bonds is 6. The molecule has 0 aliphatic heterocycles. The van der Waals surface area contributed by atoms with Gasteiger partial charge in [-0.05, 0) is 36.2 Å². The molecule has 0 aromatic heterocycles. The number of aliphatic imine (C=N–C) groups is 1. The minimum absolute atomic E-state index is 0. The molecule has 136 valence electrons. The smallest absolute Gasteiger partial charge is 0.193 e. The van der Waals surface area contributed by atoms with Gasteiger partial charge in [0.2, 0.25) is 0 Å². The minimum atomic E-state index is 0. The number of nitrogens with one attached hydrogen (secondary N) is 1. The van der Waals surface area contributed by atoms with Crippen molar-refractivity contribution in [2.24, 2.45) is 10.7 Å². The van der Waals surface area contributed by atoms with E-state index < -0.39 is 0 Å². The first-order valence-corrected chi connectivity index (χ1v) is 8.02. The molecular weight excluding hydrogens is 476 g/mol. The molecule has 0 heterocycles. The van der Waals surface area contributed by atoms with Crippen LogP contribution in [0.1, 0.15) is 5.56 Å². The van der Waals surface area contributed by atoms with Gasteiger partial charge in [0, 0.05) is 22.7 Å². The Balaban J connectivity index is 0.00000312. The molecule has 2 rings (SSSR count). The minimum Gasteiger partial charge on any atom is -0.497 e. The van der Waals surface area contributed by atoms with Gasteiger partial charge in [-0.3, -0.25) is 4.99 Å². The van der Waals surface area contributed by atoms with Crippen LogP contribution < -0.4 is 20.5 Å². The fourth-order valence-electron chi connectivity index (χ4n) is 2.15. The van der Waals surface area contributed by atoms with E-state index in [0.717, 1.165) is 5.56 Å². The van der Waals surface area contributed by atoms with Crippen molar-refractivity contribution in [2.75, 3.05) is 26.1 Å². The summed E-state index contributed by atoms with van der Waals surface area (Å²) in [5.74, 6) is 1.60. The van der Waals surface area contributed by atoms with Crippen LogP contribution in [0.25, 0.3) is 0 Å². The summed E-state index contributed by atoms with van der Waals surface area (Å²) in [6.45, 7) is 0.453. The second kappa shape index (κ2) is 10.6. The zero-order valence-corrected chi connectivity index (χ0v) is 17.7.